The van der Waals surface area contributed by atoms with Gasteiger partial charge in [0, 0.05) is 6.42 Å². The molecular weight excluding hydrogens is 278 g/mol. The Morgan fingerprint density at radius 2 is 2.10 bits per heavy atom. The Morgan fingerprint density at radius 1 is 1.35 bits per heavy atom. The molecule has 0 aliphatic rings. The number of nitrogens with two attached hydrogens (primary N) is 1. The van der Waals surface area contributed by atoms with Gasteiger partial charge in [0.1, 0.15) is 5.75 Å². The van der Waals surface area contributed by atoms with Crippen LogP contribution in [0.3, 0.4) is 0 Å². The summed E-state index contributed by atoms with van der Waals surface area (Å²) in [5.41, 5.74) is 5.32. The summed E-state index contributed by atoms with van der Waals surface area (Å²) in [5.74, 6) is 0.464. The number of rotatable bonds is 9. The van der Waals surface area contributed by atoms with Crippen molar-refractivity contribution >= 4 is 10.1 Å². The molecule has 1 aromatic carbocycles. The third-order valence-electron chi connectivity index (χ3n) is 2.94. The van der Waals surface area contributed by atoms with E-state index in [1.165, 1.54) is 0 Å². The molecule has 0 amide bonds. The molecule has 0 saturated carbocycles. The van der Waals surface area contributed by atoms with Crippen molar-refractivity contribution in [3.05, 3.63) is 29.8 Å². The zero-order valence-electron chi connectivity index (χ0n) is 11.8. The fourth-order valence-corrected chi connectivity index (χ4v) is 2.67. The lowest BCUT2D eigenvalue weighted by Gasteiger charge is -2.16. The molecule has 0 spiro atoms. The van der Waals surface area contributed by atoms with E-state index in [0.717, 1.165) is 24.8 Å². The van der Waals surface area contributed by atoms with Crippen molar-refractivity contribution in [1.29, 1.82) is 0 Å². The van der Waals surface area contributed by atoms with E-state index < -0.39 is 15.6 Å². The molecule has 0 radical (unpaired) electrons. The van der Waals surface area contributed by atoms with Gasteiger partial charge in [-0.3, -0.25) is 4.55 Å². The monoisotopic (exact) mass is 301 g/mol. The Kier molecular flexibility index (Phi) is 6.98. The van der Waals surface area contributed by atoms with Crippen LogP contribution in [0, 0.1) is 0 Å². The third-order valence-corrected chi connectivity index (χ3v) is 3.94. The Hall–Kier alpha value is -1.11. The molecule has 1 rings (SSSR count). The minimum atomic E-state index is -4.20. The first-order chi connectivity index (χ1) is 9.47. The average molecular weight is 301 g/mol. The van der Waals surface area contributed by atoms with Crippen LogP contribution >= 0.6 is 0 Å². The van der Waals surface area contributed by atoms with Crippen molar-refractivity contribution in [1.82, 2.24) is 0 Å². The molecule has 0 heterocycles. The number of benzene rings is 1. The lowest BCUT2D eigenvalue weighted by molar-refractivity contribution is 0.245. The van der Waals surface area contributed by atoms with Gasteiger partial charge < -0.3 is 10.5 Å². The Labute approximate surface area is 120 Å². The summed E-state index contributed by atoms with van der Waals surface area (Å²) < 4.78 is 37.0. The molecule has 1 atom stereocenters. The number of unbranched alkanes of at least 4 members (excludes halogenated alkanes) is 1. The maximum Gasteiger partial charge on any atom is 0.303 e. The second kappa shape index (κ2) is 8.24. The molecular formula is C14H23NO4S. The minimum Gasteiger partial charge on any atom is -0.472 e. The third kappa shape index (κ3) is 5.90. The van der Waals surface area contributed by atoms with Gasteiger partial charge in [-0.25, -0.2) is 0 Å². The summed E-state index contributed by atoms with van der Waals surface area (Å²) >= 11 is 0. The normalized spacial score (nSPS) is 13.2. The molecule has 0 aliphatic carbocycles. The fraction of sp³-hybridized carbons (Fsp3) is 0.571. The van der Waals surface area contributed by atoms with E-state index in [2.05, 4.69) is 0 Å². The summed E-state index contributed by atoms with van der Waals surface area (Å²) in [7, 11) is -4.20. The van der Waals surface area contributed by atoms with Crippen LogP contribution in [0.1, 0.15) is 38.2 Å². The van der Waals surface area contributed by atoms with Crippen molar-refractivity contribution < 1.29 is 17.7 Å². The minimum absolute atomic E-state index is 0.260. The molecule has 0 saturated heterocycles. The van der Waals surface area contributed by atoms with Gasteiger partial charge in [0.2, 0.25) is 5.44 Å². The number of hydrogen-bond donors (Lipinski definition) is 2. The number of hydrogen-bond acceptors (Lipinski definition) is 4. The van der Waals surface area contributed by atoms with Gasteiger partial charge in [0.25, 0.3) is 0 Å². The van der Waals surface area contributed by atoms with E-state index in [0.29, 0.717) is 18.7 Å². The van der Waals surface area contributed by atoms with Crippen molar-refractivity contribution in [2.45, 2.75) is 44.5 Å². The Morgan fingerprint density at radius 3 is 2.70 bits per heavy atom. The van der Waals surface area contributed by atoms with Crippen LogP contribution < -0.4 is 10.5 Å². The summed E-state index contributed by atoms with van der Waals surface area (Å²) in [4.78, 5) is 0. The molecule has 5 nitrogen and oxygen atoms in total. The maximum absolute atomic E-state index is 11.2. The first-order valence-electron chi connectivity index (χ1n) is 6.89. The molecule has 0 fully saturated rings. The SMILES string of the molecule is CCCC(Oc1cccc(CCCCN)c1)S(=O)(=O)O. The summed E-state index contributed by atoms with van der Waals surface area (Å²) in [6.07, 6.45) is 3.68. The van der Waals surface area contributed by atoms with Crippen LogP contribution in [0.25, 0.3) is 0 Å². The molecule has 0 bridgehead atoms. The first kappa shape index (κ1) is 16.9. The van der Waals surface area contributed by atoms with Crippen LogP contribution in [0.15, 0.2) is 24.3 Å². The van der Waals surface area contributed by atoms with E-state index in [-0.39, 0.29) is 6.42 Å². The van der Waals surface area contributed by atoms with E-state index in [1.807, 2.05) is 25.1 Å². The zero-order valence-corrected chi connectivity index (χ0v) is 12.6. The number of ether oxygens (including phenoxy) is 1. The largest absolute Gasteiger partial charge is 0.472 e. The van der Waals surface area contributed by atoms with Gasteiger partial charge in [-0.15, -0.1) is 0 Å². The van der Waals surface area contributed by atoms with Gasteiger partial charge in [0.05, 0.1) is 0 Å². The highest BCUT2D eigenvalue weighted by molar-refractivity contribution is 7.86. The first-order valence-corrected chi connectivity index (χ1v) is 8.39. The van der Waals surface area contributed by atoms with Crippen molar-refractivity contribution in [3.8, 4) is 5.75 Å². The molecule has 3 N–H and O–H groups in total. The van der Waals surface area contributed by atoms with Crippen LogP contribution in [0.2, 0.25) is 0 Å². The van der Waals surface area contributed by atoms with E-state index >= 15 is 0 Å². The van der Waals surface area contributed by atoms with Crippen LogP contribution in [0.4, 0.5) is 0 Å². The van der Waals surface area contributed by atoms with Gasteiger partial charge >= 0.3 is 10.1 Å². The lowest BCUT2D eigenvalue weighted by atomic mass is 10.1. The highest BCUT2D eigenvalue weighted by atomic mass is 32.2. The highest BCUT2D eigenvalue weighted by Gasteiger charge is 2.23. The molecule has 114 valence electrons. The standard InChI is InChI=1S/C14H23NO4S/c1-2-6-14(20(16,17)18)19-13-9-5-8-12(11-13)7-3-4-10-15/h5,8-9,11,14H,2-4,6-7,10,15H2,1H3,(H,16,17,18). The van der Waals surface area contributed by atoms with Crippen LogP contribution in [0.5, 0.6) is 5.75 Å². The van der Waals surface area contributed by atoms with E-state index in [1.54, 1.807) is 6.07 Å². The summed E-state index contributed by atoms with van der Waals surface area (Å²) in [6.45, 7) is 2.50. The summed E-state index contributed by atoms with van der Waals surface area (Å²) in [5, 5.41) is 0. The molecule has 0 aliphatic heterocycles. The highest BCUT2D eigenvalue weighted by Crippen LogP contribution is 2.19. The van der Waals surface area contributed by atoms with Crippen molar-refractivity contribution in [3.63, 3.8) is 0 Å². The lowest BCUT2D eigenvalue weighted by Crippen LogP contribution is -2.26. The number of aryl methyl sites for hydroxylation is 1. The van der Waals surface area contributed by atoms with Gasteiger partial charge in [-0.2, -0.15) is 8.42 Å². The smallest absolute Gasteiger partial charge is 0.303 e. The van der Waals surface area contributed by atoms with Gasteiger partial charge in [-0.1, -0.05) is 25.5 Å². The Balaban J connectivity index is 2.73. The zero-order chi connectivity index (χ0) is 15.0. The maximum atomic E-state index is 11.2. The molecule has 1 unspecified atom stereocenters. The quantitative estimate of drug-likeness (QED) is 0.540. The van der Waals surface area contributed by atoms with E-state index in [9.17, 15) is 8.42 Å². The molecule has 6 heteroatoms. The second-order valence-electron chi connectivity index (χ2n) is 4.74. The summed E-state index contributed by atoms with van der Waals surface area (Å²) in [6, 6.07) is 7.29. The van der Waals surface area contributed by atoms with E-state index in [4.69, 9.17) is 15.0 Å². The molecule has 1 aromatic rings. The predicted molar refractivity (Wildman–Crippen MR) is 79.3 cm³/mol. The van der Waals surface area contributed by atoms with Crippen molar-refractivity contribution in [2.24, 2.45) is 5.73 Å². The average Bonchev–Trinajstić information content (AvgIpc) is 2.38. The van der Waals surface area contributed by atoms with Crippen LogP contribution in [-0.2, 0) is 16.5 Å². The molecule has 0 aromatic heterocycles. The second-order valence-corrected chi connectivity index (χ2v) is 6.30. The van der Waals surface area contributed by atoms with Crippen molar-refractivity contribution in [2.75, 3.05) is 6.54 Å². The fourth-order valence-electron chi connectivity index (χ4n) is 1.90. The van der Waals surface area contributed by atoms with Crippen LogP contribution in [-0.4, -0.2) is 25.0 Å². The topological polar surface area (TPSA) is 89.6 Å². The Bertz CT molecular complexity index is 502. The van der Waals surface area contributed by atoms with Gasteiger partial charge in [-0.05, 0) is 43.5 Å². The predicted octanol–water partition coefficient (Wildman–Crippen LogP) is 2.36. The van der Waals surface area contributed by atoms with Gasteiger partial charge in [0.15, 0.2) is 0 Å². The molecule has 20 heavy (non-hydrogen) atoms.